The van der Waals surface area contributed by atoms with Gasteiger partial charge in [0.15, 0.2) is 0 Å². The number of carbonyl (C=O) groups excluding carboxylic acids is 1. The number of benzene rings is 1. The molecule has 2 N–H and O–H groups in total. The zero-order chi connectivity index (χ0) is 16.0. The van der Waals surface area contributed by atoms with Crippen LogP contribution in [0.3, 0.4) is 0 Å². The van der Waals surface area contributed by atoms with Crippen LogP contribution in [0.4, 0.5) is 4.39 Å². The minimum Gasteiger partial charge on any atom is -0.496 e. The average Bonchev–Trinajstić information content (AvgIpc) is 2.37. The number of methoxy groups -OCH3 is 1. The summed E-state index contributed by atoms with van der Waals surface area (Å²) in [6.07, 6.45) is 0.199. The zero-order valence-electron chi connectivity index (χ0n) is 12.4. The quantitative estimate of drug-likeness (QED) is 0.807. The molecule has 5 nitrogen and oxygen atoms in total. The summed E-state index contributed by atoms with van der Waals surface area (Å²) in [5.74, 6) is -1.51. The third-order valence-electron chi connectivity index (χ3n) is 2.93. The van der Waals surface area contributed by atoms with Crippen LogP contribution in [0.5, 0.6) is 5.75 Å². The molecule has 1 aromatic carbocycles. The van der Waals surface area contributed by atoms with E-state index in [1.54, 1.807) is 0 Å². The smallest absolute Gasteiger partial charge is 0.326 e. The molecule has 0 spiro atoms. The standard InChI is InChI=1S/C15H20FNO4/c1-9(2)6-12(15(19)20)17-14(18)8-10-7-11(16)4-5-13(10)21-3/h4-5,7,9,12H,6,8H2,1-3H3,(H,17,18)(H,19,20)/t12-/m1/s1. The maximum Gasteiger partial charge on any atom is 0.326 e. The summed E-state index contributed by atoms with van der Waals surface area (Å²) >= 11 is 0. The molecule has 0 fully saturated rings. The van der Waals surface area contributed by atoms with Crippen LogP contribution in [0.1, 0.15) is 25.8 Å². The van der Waals surface area contributed by atoms with E-state index in [2.05, 4.69) is 5.32 Å². The molecule has 0 aromatic heterocycles. The van der Waals surface area contributed by atoms with E-state index in [1.807, 2.05) is 13.8 Å². The van der Waals surface area contributed by atoms with E-state index in [1.165, 1.54) is 25.3 Å². The molecule has 0 radical (unpaired) electrons. The summed E-state index contributed by atoms with van der Waals surface area (Å²) in [5, 5.41) is 11.5. The van der Waals surface area contributed by atoms with Gasteiger partial charge in [-0.05, 0) is 30.5 Å². The Morgan fingerprint density at radius 2 is 2.05 bits per heavy atom. The van der Waals surface area contributed by atoms with Crippen LogP contribution < -0.4 is 10.1 Å². The van der Waals surface area contributed by atoms with Crippen molar-refractivity contribution in [1.29, 1.82) is 0 Å². The van der Waals surface area contributed by atoms with E-state index < -0.39 is 23.7 Å². The molecule has 1 atom stereocenters. The first-order chi connectivity index (χ1) is 9.83. The first-order valence-electron chi connectivity index (χ1n) is 6.68. The third kappa shape index (κ3) is 5.41. The molecule has 0 aliphatic heterocycles. The summed E-state index contributed by atoms with van der Waals surface area (Å²) < 4.78 is 18.3. The lowest BCUT2D eigenvalue weighted by molar-refractivity contribution is -0.142. The lowest BCUT2D eigenvalue weighted by Crippen LogP contribution is -2.42. The molecular formula is C15H20FNO4. The van der Waals surface area contributed by atoms with Crippen molar-refractivity contribution >= 4 is 11.9 Å². The van der Waals surface area contributed by atoms with Crippen molar-refractivity contribution in [2.24, 2.45) is 5.92 Å². The van der Waals surface area contributed by atoms with Crippen LogP contribution in [-0.2, 0) is 16.0 Å². The third-order valence-corrected chi connectivity index (χ3v) is 2.93. The Kier molecular flexibility index (Phi) is 6.14. The molecule has 116 valence electrons. The number of nitrogens with one attached hydrogen (secondary N) is 1. The van der Waals surface area contributed by atoms with E-state index in [9.17, 15) is 14.0 Å². The maximum absolute atomic E-state index is 13.2. The molecule has 1 aromatic rings. The summed E-state index contributed by atoms with van der Waals surface area (Å²) in [6.45, 7) is 3.75. The van der Waals surface area contributed by atoms with Crippen LogP contribution in [0.15, 0.2) is 18.2 Å². The highest BCUT2D eigenvalue weighted by Gasteiger charge is 2.21. The van der Waals surface area contributed by atoms with Gasteiger partial charge in [0, 0.05) is 5.56 Å². The van der Waals surface area contributed by atoms with Gasteiger partial charge >= 0.3 is 5.97 Å². The zero-order valence-corrected chi connectivity index (χ0v) is 12.4. The first-order valence-corrected chi connectivity index (χ1v) is 6.68. The molecule has 0 aliphatic carbocycles. The Morgan fingerprint density at radius 1 is 1.38 bits per heavy atom. The van der Waals surface area contributed by atoms with Gasteiger partial charge in [0.2, 0.25) is 5.91 Å². The van der Waals surface area contributed by atoms with Gasteiger partial charge in [0.1, 0.15) is 17.6 Å². The second-order valence-electron chi connectivity index (χ2n) is 5.22. The molecule has 0 aliphatic rings. The molecule has 0 saturated carbocycles. The number of carboxylic acids is 1. The monoisotopic (exact) mass is 297 g/mol. The van der Waals surface area contributed by atoms with Crippen molar-refractivity contribution in [2.75, 3.05) is 7.11 Å². The van der Waals surface area contributed by atoms with Gasteiger partial charge in [-0.15, -0.1) is 0 Å². The summed E-state index contributed by atoms with van der Waals surface area (Å²) in [7, 11) is 1.42. The number of amides is 1. The Hall–Kier alpha value is -2.11. The predicted molar refractivity (Wildman–Crippen MR) is 75.7 cm³/mol. The highest BCUT2D eigenvalue weighted by Crippen LogP contribution is 2.20. The molecule has 1 amide bonds. The van der Waals surface area contributed by atoms with Gasteiger partial charge in [-0.25, -0.2) is 9.18 Å². The van der Waals surface area contributed by atoms with Gasteiger partial charge < -0.3 is 15.2 Å². The fourth-order valence-electron chi connectivity index (χ4n) is 2.00. The number of rotatable bonds is 7. The van der Waals surface area contributed by atoms with Gasteiger partial charge in [0.25, 0.3) is 0 Å². The van der Waals surface area contributed by atoms with E-state index in [0.717, 1.165) is 0 Å². The second kappa shape index (κ2) is 7.61. The van der Waals surface area contributed by atoms with Gasteiger partial charge in [0.05, 0.1) is 13.5 Å². The second-order valence-corrected chi connectivity index (χ2v) is 5.22. The highest BCUT2D eigenvalue weighted by molar-refractivity contribution is 5.85. The minimum atomic E-state index is -1.08. The van der Waals surface area contributed by atoms with Crippen molar-refractivity contribution in [1.82, 2.24) is 5.32 Å². The van der Waals surface area contributed by atoms with Crippen LogP contribution >= 0.6 is 0 Å². The molecular weight excluding hydrogens is 277 g/mol. The average molecular weight is 297 g/mol. The Bertz CT molecular complexity index is 516. The number of halogens is 1. The predicted octanol–water partition coefficient (Wildman–Crippen LogP) is 1.99. The van der Waals surface area contributed by atoms with Crippen molar-refractivity contribution in [3.63, 3.8) is 0 Å². The summed E-state index contributed by atoms with van der Waals surface area (Å²) in [4.78, 5) is 23.0. The largest absolute Gasteiger partial charge is 0.496 e. The number of carbonyl (C=O) groups is 2. The van der Waals surface area contributed by atoms with Crippen LogP contribution in [0.25, 0.3) is 0 Å². The fraction of sp³-hybridized carbons (Fsp3) is 0.467. The molecule has 0 heterocycles. The first kappa shape index (κ1) is 16.9. The van der Waals surface area contributed by atoms with Gasteiger partial charge in [-0.3, -0.25) is 4.79 Å². The topological polar surface area (TPSA) is 75.6 Å². The fourth-order valence-corrected chi connectivity index (χ4v) is 2.00. The van der Waals surface area contributed by atoms with E-state index >= 15 is 0 Å². The summed E-state index contributed by atoms with van der Waals surface area (Å²) in [6, 6.07) is 2.92. The lowest BCUT2D eigenvalue weighted by Gasteiger charge is -2.17. The van der Waals surface area contributed by atoms with Crippen LogP contribution in [0, 0.1) is 11.7 Å². The van der Waals surface area contributed by atoms with E-state index in [-0.39, 0.29) is 12.3 Å². The number of carboxylic acid groups (broad SMARTS) is 1. The van der Waals surface area contributed by atoms with Crippen LogP contribution in [-0.4, -0.2) is 30.1 Å². The van der Waals surface area contributed by atoms with E-state index in [0.29, 0.717) is 17.7 Å². The van der Waals surface area contributed by atoms with Crippen molar-refractivity contribution in [2.45, 2.75) is 32.7 Å². The van der Waals surface area contributed by atoms with E-state index in [4.69, 9.17) is 9.84 Å². The molecule has 0 unspecified atom stereocenters. The highest BCUT2D eigenvalue weighted by atomic mass is 19.1. The van der Waals surface area contributed by atoms with Crippen molar-refractivity contribution < 1.29 is 23.8 Å². The molecule has 21 heavy (non-hydrogen) atoms. The number of ether oxygens (including phenoxy) is 1. The molecule has 0 bridgehead atoms. The number of hydrogen-bond donors (Lipinski definition) is 2. The summed E-state index contributed by atoms with van der Waals surface area (Å²) in [5.41, 5.74) is 0.378. The number of aliphatic carboxylic acids is 1. The normalized spacial score (nSPS) is 12.0. The minimum absolute atomic E-state index is 0.134. The van der Waals surface area contributed by atoms with Crippen molar-refractivity contribution in [3.8, 4) is 5.75 Å². The van der Waals surface area contributed by atoms with Crippen LogP contribution in [0.2, 0.25) is 0 Å². The number of hydrogen-bond acceptors (Lipinski definition) is 3. The SMILES string of the molecule is COc1ccc(F)cc1CC(=O)N[C@H](CC(C)C)C(=O)O. The van der Waals surface area contributed by atoms with Gasteiger partial charge in [-0.1, -0.05) is 13.8 Å². The molecule has 6 heteroatoms. The lowest BCUT2D eigenvalue weighted by atomic mass is 10.0. The Morgan fingerprint density at radius 3 is 2.57 bits per heavy atom. The van der Waals surface area contributed by atoms with Gasteiger partial charge in [-0.2, -0.15) is 0 Å². The Labute approximate surface area is 123 Å². The molecule has 1 rings (SSSR count). The molecule has 0 saturated heterocycles. The van der Waals surface area contributed by atoms with Crippen molar-refractivity contribution in [3.05, 3.63) is 29.6 Å². The maximum atomic E-state index is 13.2. The Balaban J connectivity index is 2.76.